The molecule has 0 aromatic heterocycles. The van der Waals surface area contributed by atoms with Gasteiger partial charge in [-0.05, 0) is 12.8 Å². The number of rotatable bonds is 4. The highest BCUT2D eigenvalue weighted by molar-refractivity contribution is 5.80. The summed E-state index contributed by atoms with van der Waals surface area (Å²) in [5.41, 5.74) is 5.58. The minimum Gasteiger partial charge on any atom is -0.387 e. The summed E-state index contributed by atoms with van der Waals surface area (Å²) in [5.74, 6) is 0.786. The first kappa shape index (κ1) is 9.47. The highest BCUT2D eigenvalue weighted by Gasteiger charge is 1.99. The minimum atomic E-state index is 0.444. The predicted molar refractivity (Wildman–Crippen MR) is 46.3 cm³/mol. The van der Waals surface area contributed by atoms with E-state index in [1.807, 2.05) is 6.92 Å². The van der Waals surface area contributed by atoms with Crippen LogP contribution in [0.15, 0.2) is 4.99 Å². The average Bonchev–Trinajstić information content (AvgIpc) is 1.99. The van der Waals surface area contributed by atoms with Crippen molar-refractivity contribution < 1.29 is 0 Å². The number of hydrogen-bond acceptors (Lipinski definition) is 1. The first-order valence-electron chi connectivity index (χ1n) is 4.06. The van der Waals surface area contributed by atoms with E-state index >= 15 is 0 Å². The zero-order chi connectivity index (χ0) is 7.98. The lowest BCUT2D eigenvalue weighted by atomic mass is 10.2. The van der Waals surface area contributed by atoms with Crippen LogP contribution >= 0.6 is 0 Å². The van der Waals surface area contributed by atoms with Crippen LogP contribution in [0, 0.1) is 0 Å². The minimum absolute atomic E-state index is 0.444. The molecule has 0 aliphatic heterocycles. The second-order valence-corrected chi connectivity index (χ2v) is 2.44. The van der Waals surface area contributed by atoms with E-state index in [4.69, 9.17) is 5.73 Å². The molecule has 0 unspecified atom stereocenters. The van der Waals surface area contributed by atoms with Crippen molar-refractivity contribution in [1.82, 2.24) is 0 Å². The van der Waals surface area contributed by atoms with Crippen molar-refractivity contribution in [2.45, 2.75) is 46.1 Å². The van der Waals surface area contributed by atoms with Gasteiger partial charge in [0.25, 0.3) is 0 Å². The SMILES string of the molecule is CCC(N)=NC(CC)CC. The number of nitrogens with zero attached hydrogens (tertiary/aromatic N) is 1. The Morgan fingerprint density at radius 1 is 1.30 bits per heavy atom. The van der Waals surface area contributed by atoms with Crippen LogP contribution in [0.3, 0.4) is 0 Å². The average molecular weight is 142 g/mol. The summed E-state index contributed by atoms with van der Waals surface area (Å²) in [6.07, 6.45) is 3.06. The molecule has 2 nitrogen and oxygen atoms in total. The molecule has 0 saturated carbocycles. The van der Waals surface area contributed by atoms with Crippen LogP contribution in [0.5, 0.6) is 0 Å². The van der Waals surface area contributed by atoms with Crippen molar-refractivity contribution in [3.63, 3.8) is 0 Å². The van der Waals surface area contributed by atoms with Crippen LogP contribution in [0.2, 0.25) is 0 Å². The normalized spacial score (nSPS) is 12.6. The fourth-order valence-electron chi connectivity index (χ4n) is 0.797. The van der Waals surface area contributed by atoms with Gasteiger partial charge in [-0.15, -0.1) is 0 Å². The van der Waals surface area contributed by atoms with E-state index in [1.165, 1.54) is 0 Å². The van der Waals surface area contributed by atoms with Gasteiger partial charge in [0.05, 0.1) is 11.9 Å². The first-order valence-corrected chi connectivity index (χ1v) is 4.06. The van der Waals surface area contributed by atoms with E-state index in [0.717, 1.165) is 25.1 Å². The molecular weight excluding hydrogens is 124 g/mol. The lowest BCUT2D eigenvalue weighted by molar-refractivity contribution is 0.629. The van der Waals surface area contributed by atoms with E-state index in [2.05, 4.69) is 18.8 Å². The Labute approximate surface area is 63.5 Å². The predicted octanol–water partition coefficient (Wildman–Crippen LogP) is 1.94. The summed E-state index contributed by atoms with van der Waals surface area (Å²) in [7, 11) is 0. The summed E-state index contributed by atoms with van der Waals surface area (Å²) in [5, 5.41) is 0. The van der Waals surface area contributed by atoms with Crippen LogP contribution in [-0.4, -0.2) is 11.9 Å². The zero-order valence-corrected chi connectivity index (χ0v) is 7.22. The summed E-state index contributed by atoms with van der Waals surface area (Å²) in [6, 6.07) is 0.444. The van der Waals surface area contributed by atoms with Crippen LogP contribution in [0.4, 0.5) is 0 Å². The second-order valence-electron chi connectivity index (χ2n) is 2.44. The summed E-state index contributed by atoms with van der Waals surface area (Å²) in [4.78, 5) is 4.33. The Kier molecular flexibility index (Phi) is 4.99. The fourth-order valence-corrected chi connectivity index (χ4v) is 0.797. The van der Waals surface area contributed by atoms with E-state index in [0.29, 0.717) is 6.04 Å². The van der Waals surface area contributed by atoms with Crippen molar-refractivity contribution in [3.05, 3.63) is 0 Å². The van der Waals surface area contributed by atoms with Crippen LogP contribution in [0.25, 0.3) is 0 Å². The van der Waals surface area contributed by atoms with E-state index < -0.39 is 0 Å². The van der Waals surface area contributed by atoms with Gasteiger partial charge in [0.1, 0.15) is 0 Å². The highest BCUT2D eigenvalue weighted by Crippen LogP contribution is 2.01. The molecular formula is C8H18N2. The third-order valence-corrected chi connectivity index (χ3v) is 1.65. The molecule has 0 fully saturated rings. The first-order chi connectivity index (χ1) is 4.74. The zero-order valence-electron chi connectivity index (χ0n) is 7.22. The maximum Gasteiger partial charge on any atom is 0.0937 e. The topological polar surface area (TPSA) is 38.4 Å². The van der Waals surface area contributed by atoms with Gasteiger partial charge in [0.15, 0.2) is 0 Å². The third-order valence-electron chi connectivity index (χ3n) is 1.65. The molecule has 0 bridgehead atoms. The standard InChI is InChI=1S/C8H18N2/c1-4-7(5-2)10-8(9)6-3/h7H,4-6H2,1-3H3,(H2,9,10). The van der Waals surface area contributed by atoms with Gasteiger partial charge >= 0.3 is 0 Å². The molecule has 10 heavy (non-hydrogen) atoms. The van der Waals surface area contributed by atoms with Gasteiger partial charge in [-0.1, -0.05) is 20.8 Å². The Hall–Kier alpha value is -0.530. The summed E-state index contributed by atoms with van der Waals surface area (Å²) < 4.78 is 0. The molecule has 0 amide bonds. The number of hydrogen-bond donors (Lipinski definition) is 1. The monoisotopic (exact) mass is 142 g/mol. The molecule has 0 spiro atoms. The number of aliphatic imine (C=N–C) groups is 1. The van der Waals surface area contributed by atoms with E-state index in [1.54, 1.807) is 0 Å². The highest BCUT2D eigenvalue weighted by atomic mass is 14.9. The van der Waals surface area contributed by atoms with Gasteiger partial charge in [-0.2, -0.15) is 0 Å². The fraction of sp³-hybridized carbons (Fsp3) is 0.875. The van der Waals surface area contributed by atoms with Gasteiger partial charge in [0, 0.05) is 6.42 Å². The van der Waals surface area contributed by atoms with E-state index in [-0.39, 0.29) is 0 Å². The molecule has 2 N–H and O–H groups in total. The van der Waals surface area contributed by atoms with Crippen molar-refractivity contribution in [3.8, 4) is 0 Å². The Morgan fingerprint density at radius 3 is 2.10 bits per heavy atom. The molecule has 0 aliphatic carbocycles. The number of nitrogens with two attached hydrogens (primary N) is 1. The molecule has 0 atom stereocenters. The van der Waals surface area contributed by atoms with Crippen LogP contribution in [-0.2, 0) is 0 Å². The quantitative estimate of drug-likeness (QED) is 0.473. The number of amidine groups is 1. The lowest BCUT2D eigenvalue weighted by Crippen LogP contribution is -2.14. The van der Waals surface area contributed by atoms with Crippen LogP contribution in [0.1, 0.15) is 40.0 Å². The maximum absolute atomic E-state index is 5.58. The van der Waals surface area contributed by atoms with E-state index in [9.17, 15) is 0 Å². The molecule has 0 heterocycles. The van der Waals surface area contributed by atoms with Crippen molar-refractivity contribution in [1.29, 1.82) is 0 Å². The van der Waals surface area contributed by atoms with Gasteiger partial charge in [-0.25, -0.2) is 0 Å². The molecule has 0 rings (SSSR count). The summed E-state index contributed by atoms with van der Waals surface area (Å²) >= 11 is 0. The molecule has 0 aromatic carbocycles. The van der Waals surface area contributed by atoms with Crippen molar-refractivity contribution in [2.24, 2.45) is 10.7 Å². The van der Waals surface area contributed by atoms with Gasteiger partial charge < -0.3 is 5.73 Å². The molecule has 0 radical (unpaired) electrons. The van der Waals surface area contributed by atoms with Crippen LogP contribution < -0.4 is 5.73 Å². The van der Waals surface area contributed by atoms with Gasteiger partial charge in [-0.3, -0.25) is 4.99 Å². The third kappa shape index (κ3) is 3.49. The molecule has 0 aliphatic rings. The molecule has 60 valence electrons. The largest absolute Gasteiger partial charge is 0.387 e. The van der Waals surface area contributed by atoms with Crippen molar-refractivity contribution in [2.75, 3.05) is 0 Å². The second kappa shape index (κ2) is 5.27. The summed E-state index contributed by atoms with van der Waals surface area (Å²) in [6.45, 7) is 6.31. The Balaban J connectivity index is 3.80. The van der Waals surface area contributed by atoms with Gasteiger partial charge in [0.2, 0.25) is 0 Å². The lowest BCUT2D eigenvalue weighted by Gasteiger charge is -2.06. The Bertz CT molecular complexity index is 104. The van der Waals surface area contributed by atoms with Crippen molar-refractivity contribution >= 4 is 5.84 Å². The molecule has 0 aromatic rings. The Morgan fingerprint density at radius 2 is 1.80 bits per heavy atom. The molecule has 2 heteroatoms. The molecule has 0 saturated heterocycles. The maximum atomic E-state index is 5.58. The smallest absolute Gasteiger partial charge is 0.0937 e.